The van der Waals surface area contributed by atoms with Gasteiger partial charge in [0.25, 0.3) is 0 Å². The Morgan fingerprint density at radius 1 is 1.25 bits per heavy atom. The Labute approximate surface area is 117 Å². The molecule has 0 aliphatic carbocycles. The molecule has 0 saturated carbocycles. The quantitative estimate of drug-likeness (QED) is 0.617. The van der Waals surface area contributed by atoms with Crippen LogP contribution in [-0.2, 0) is 11.3 Å². The third kappa shape index (κ3) is 6.25. The predicted octanol–water partition coefficient (Wildman–Crippen LogP) is 3.41. The summed E-state index contributed by atoms with van der Waals surface area (Å²) in [4.78, 5) is 0. The van der Waals surface area contributed by atoms with Crippen molar-refractivity contribution in [3.8, 4) is 5.75 Å². The van der Waals surface area contributed by atoms with Crippen LogP contribution >= 0.6 is 0 Å². The molecule has 0 radical (unpaired) electrons. The Balaban J connectivity index is 2.58. The summed E-state index contributed by atoms with van der Waals surface area (Å²) in [5.41, 5.74) is 1.76. The summed E-state index contributed by atoms with van der Waals surface area (Å²) in [6.07, 6.45) is -4.34. The highest BCUT2D eigenvalue weighted by molar-refractivity contribution is 5.40. The number of hydrogen-bond acceptors (Lipinski definition) is 3. The monoisotopic (exact) mass is 291 g/mol. The van der Waals surface area contributed by atoms with Crippen molar-refractivity contribution in [1.82, 2.24) is 5.32 Å². The van der Waals surface area contributed by atoms with Crippen LogP contribution in [0.3, 0.4) is 0 Å². The highest BCUT2D eigenvalue weighted by Gasteiger charge is 2.27. The molecule has 0 amide bonds. The second-order valence-electron chi connectivity index (χ2n) is 4.82. The van der Waals surface area contributed by atoms with Crippen LogP contribution in [0.4, 0.5) is 13.2 Å². The average molecular weight is 291 g/mol. The third-order valence-corrected chi connectivity index (χ3v) is 2.55. The van der Waals surface area contributed by atoms with Crippen LogP contribution in [0.2, 0.25) is 0 Å². The van der Waals surface area contributed by atoms with E-state index in [-0.39, 0.29) is 0 Å². The van der Waals surface area contributed by atoms with Crippen LogP contribution in [0.25, 0.3) is 0 Å². The summed E-state index contributed by atoms with van der Waals surface area (Å²) in [5.74, 6) is 0.572. The maximum absolute atomic E-state index is 12.0. The molecular formula is C14H20F3NO2. The van der Waals surface area contributed by atoms with E-state index in [2.05, 4.69) is 10.1 Å². The van der Waals surface area contributed by atoms with Gasteiger partial charge in [0.2, 0.25) is 0 Å². The lowest BCUT2D eigenvalue weighted by molar-refractivity contribution is -0.186. The predicted molar refractivity (Wildman–Crippen MR) is 70.7 cm³/mol. The summed E-state index contributed by atoms with van der Waals surface area (Å²) >= 11 is 0. The molecule has 0 spiro atoms. The molecule has 0 atom stereocenters. The molecule has 0 heterocycles. The van der Waals surface area contributed by atoms with Crippen molar-refractivity contribution in [3.05, 3.63) is 29.3 Å². The molecule has 1 aromatic carbocycles. The molecule has 0 aliphatic rings. The smallest absolute Gasteiger partial charge is 0.411 e. The fraction of sp³-hybridized carbons (Fsp3) is 0.571. The number of alkyl halides is 3. The third-order valence-electron chi connectivity index (χ3n) is 2.55. The average Bonchev–Trinajstić information content (AvgIpc) is 2.32. The largest absolute Gasteiger partial charge is 0.467 e. The lowest BCUT2D eigenvalue weighted by atomic mass is 10.1. The van der Waals surface area contributed by atoms with Crippen molar-refractivity contribution in [1.29, 1.82) is 0 Å². The molecule has 0 saturated heterocycles. The number of hydrogen-bond donors (Lipinski definition) is 1. The zero-order valence-corrected chi connectivity index (χ0v) is 11.9. The first-order valence-electron chi connectivity index (χ1n) is 6.39. The van der Waals surface area contributed by atoms with Crippen molar-refractivity contribution < 1.29 is 22.6 Å². The second-order valence-corrected chi connectivity index (χ2v) is 4.82. The Kier molecular flexibility index (Phi) is 6.29. The van der Waals surface area contributed by atoms with Gasteiger partial charge in [-0.05, 0) is 12.5 Å². The summed E-state index contributed by atoms with van der Waals surface area (Å²) < 4.78 is 45.7. The van der Waals surface area contributed by atoms with Crippen LogP contribution in [0.1, 0.15) is 25.0 Å². The molecule has 0 aromatic heterocycles. The molecule has 114 valence electrons. The van der Waals surface area contributed by atoms with Gasteiger partial charge in [0.1, 0.15) is 12.4 Å². The van der Waals surface area contributed by atoms with Crippen molar-refractivity contribution in [2.75, 3.05) is 13.4 Å². The maximum Gasteiger partial charge on any atom is 0.411 e. The number of aryl methyl sites for hydroxylation is 1. The van der Waals surface area contributed by atoms with Gasteiger partial charge < -0.3 is 14.8 Å². The molecule has 3 nitrogen and oxygen atoms in total. The van der Waals surface area contributed by atoms with E-state index >= 15 is 0 Å². The van der Waals surface area contributed by atoms with Crippen molar-refractivity contribution in [2.24, 2.45) is 0 Å². The van der Waals surface area contributed by atoms with E-state index in [9.17, 15) is 13.2 Å². The summed E-state index contributed by atoms with van der Waals surface area (Å²) in [6.45, 7) is 4.74. The van der Waals surface area contributed by atoms with Gasteiger partial charge in [-0.1, -0.05) is 32.0 Å². The van der Waals surface area contributed by atoms with Crippen molar-refractivity contribution >= 4 is 0 Å². The fourth-order valence-corrected chi connectivity index (χ4v) is 1.63. The van der Waals surface area contributed by atoms with E-state index < -0.39 is 19.6 Å². The van der Waals surface area contributed by atoms with Gasteiger partial charge in [0.15, 0.2) is 6.79 Å². The van der Waals surface area contributed by atoms with Crippen LogP contribution in [-0.4, -0.2) is 25.6 Å². The van der Waals surface area contributed by atoms with Gasteiger partial charge in [-0.15, -0.1) is 0 Å². The first-order valence-corrected chi connectivity index (χ1v) is 6.39. The van der Waals surface area contributed by atoms with E-state index in [1.165, 1.54) is 0 Å². The molecule has 0 fully saturated rings. The number of para-hydroxylation sites is 1. The van der Waals surface area contributed by atoms with Crippen LogP contribution in [0.15, 0.2) is 18.2 Å². The SMILES string of the molecule is Cc1cccc(CNC(C)C)c1OCOCC(F)(F)F. The lowest BCUT2D eigenvalue weighted by Gasteiger charge is -2.16. The summed E-state index contributed by atoms with van der Waals surface area (Å²) in [7, 11) is 0. The minimum atomic E-state index is -4.34. The maximum atomic E-state index is 12.0. The van der Waals surface area contributed by atoms with Gasteiger partial charge in [0, 0.05) is 18.2 Å². The Morgan fingerprint density at radius 3 is 2.55 bits per heavy atom. The van der Waals surface area contributed by atoms with Crippen molar-refractivity contribution in [3.63, 3.8) is 0 Å². The molecular weight excluding hydrogens is 271 g/mol. The zero-order valence-electron chi connectivity index (χ0n) is 11.9. The number of nitrogens with one attached hydrogen (secondary N) is 1. The second kappa shape index (κ2) is 7.50. The molecule has 0 unspecified atom stereocenters. The molecule has 6 heteroatoms. The van der Waals surface area contributed by atoms with Gasteiger partial charge in [-0.25, -0.2) is 0 Å². The molecule has 1 rings (SSSR count). The van der Waals surface area contributed by atoms with Gasteiger partial charge >= 0.3 is 6.18 Å². The Hall–Kier alpha value is -1.27. The topological polar surface area (TPSA) is 30.5 Å². The molecule has 0 aliphatic heterocycles. The van der Waals surface area contributed by atoms with E-state index in [4.69, 9.17) is 4.74 Å². The number of rotatable bonds is 7. The molecule has 0 bridgehead atoms. The minimum Gasteiger partial charge on any atom is -0.467 e. The summed E-state index contributed by atoms with van der Waals surface area (Å²) in [5, 5.41) is 3.24. The van der Waals surface area contributed by atoms with E-state index in [1.54, 1.807) is 0 Å². The standard InChI is InChI=1S/C14H20F3NO2/c1-10(2)18-7-12-6-4-5-11(3)13(12)20-9-19-8-14(15,16)17/h4-6,10,18H,7-9H2,1-3H3. The number of halogens is 3. The minimum absolute atomic E-state index is 0.310. The molecule has 20 heavy (non-hydrogen) atoms. The van der Waals surface area contributed by atoms with Gasteiger partial charge in [-0.2, -0.15) is 13.2 Å². The fourth-order valence-electron chi connectivity index (χ4n) is 1.63. The highest BCUT2D eigenvalue weighted by Crippen LogP contribution is 2.24. The van der Waals surface area contributed by atoms with E-state index in [0.29, 0.717) is 18.3 Å². The van der Waals surface area contributed by atoms with Crippen LogP contribution < -0.4 is 10.1 Å². The Bertz CT molecular complexity index is 419. The molecule has 1 aromatic rings. The first kappa shape index (κ1) is 16.8. The number of ether oxygens (including phenoxy) is 2. The van der Waals surface area contributed by atoms with Crippen LogP contribution in [0, 0.1) is 6.92 Å². The first-order chi connectivity index (χ1) is 9.29. The molecule has 1 N–H and O–H groups in total. The zero-order chi connectivity index (χ0) is 15.2. The Morgan fingerprint density at radius 2 is 1.95 bits per heavy atom. The van der Waals surface area contributed by atoms with Gasteiger partial charge in [0.05, 0.1) is 0 Å². The van der Waals surface area contributed by atoms with Crippen LogP contribution in [0.5, 0.6) is 5.75 Å². The highest BCUT2D eigenvalue weighted by atomic mass is 19.4. The normalized spacial score (nSPS) is 11.9. The van der Waals surface area contributed by atoms with Gasteiger partial charge in [-0.3, -0.25) is 0 Å². The summed E-state index contributed by atoms with van der Waals surface area (Å²) in [6, 6.07) is 5.92. The van der Waals surface area contributed by atoms with Crippen molar-refractivity contribution in [2.45, 2.75) is 39.5 Å². The lowest BCUT2D eigenvalue weighted by Crippen LogP contribution is -2.23. The van der Waals surface area contributed by atoms with E-state index in [1.807, 2.05) is 39.0 Å². The number of benzene rings is 1. The van der Waals surface area contributed by atoms with E-state index in [0.717, 1.165) is 11.1 Å².